The Morgan fingerprint density at radius 1 is 1.33 bits per heavy atom. The number of hydrogen-bond acceptors (Lipinski definition) is 3. The van der Waals surface area contributed by atoms with Gasteiger partial charge in [-0.3, -0.25) is 9.69 Å². The maximum Gasteiger partial charge on any atom is 0.225 e. The number of amides is 1. The summed E-state index contributed by atoms with van der Waals surface area (Å²) in [5, 5.41) is 0. The summed E-state index contributed by atoms with van der Waals surface area (Å²) in [5.41, 5.74) is 5.00. The van der Waals surface area contributed by atoms with Crippen molar-refractivity contribution in [2.75, 3.05) is 5.75 Å². The van der Waals surface area contributed by atoms with Gasteiger partial charge in [-0.2, -0.15) is 0 Å². The second kappa shape index (κ2) is 5.02. The Balaban J connectivity index is 2.49. The van der Waals surface area contributed by atoms with Crippen LogP contribution in [0.1, 0.15) is 35.2 Å². The molecule has 2 nitrogen and oxygen atoms in total. The fourth-order valence-electron chi connectivity index (χ4n) is 2.70. The monoisotopic (exact) mass is 279 g/mol. The number of carbonyl (C=O) groups is 1. The molecule has 1 fully saturated rings. The summed E-state index contributed by atoms with van der Waals surface area (Å²) in [5.74, 6) is 0.901. The predicted molar refractivity (Wildman–Crippen MR) is 81.0 cm³/mol. The third-order valence-corrected chi connectivity index (χ3v) is 4.76. The number of nitrogens with zero attached hydrogens (tertiary/aromatic N) is 1. The minimum Gasteiger partial charge on any atom is -0.289 e. The highest BCUT2D eigenvalue weighted by Gasteiger charge is 2.34. The molecule has 0 bridgehead atoms. The SMILES string of the molecule is CC(=O)N1C(=S)SC[C@@H]1c1c(C)cc(C)cc1C. The first-order valence-corrected chi connectivity index (χ1v) is 7.35. The molecule has 0 radical (unpaired) electrons. The van der Waals surface area contributed by atoms with Gasteiger partial charge >= 0.3 is 0 Å². The standard InChI is InChI=1S/C14H17NOS2/c1-8-5-9(2)13(10(3)6-8)12-7-18-14(17)15(12)11(4)16/h5-6,12H,7H2,1-4H3/t12-/m1/s1. The topological polar surface area (TPSA) is 20.3 Å². The molecule has 2 rings (SSSR count). The number of carbonyl (C=O) groups excluding carboxylic acids is 1. The number of thiocarbonyl (C=S) groups is 1. The molecule has 1 amide bonds. The zero-order valence-electron chi connectivity index (χ0n) is 11.1. The molecule has 96 valence electrons. The summed E-state index contributed by atoms with van der Waals surface area (Å²) in [7, 11) is 0. The summed E-state index contributed by atoms with van der Waals surface area (Å²) in [6.45, 7) is 7.91. The highest BCUT2D eigenvalue weighted by molar-refractivity contribution is 8.23. The van der Waals surface area contributed by atoms with Crippen LogP contribution in [0, 0.1) is 20.8 Å². The summed E-state index contributed by atoms with van der Waals surface area (Å²) in [6, 6.07) is 4.44. The van der Waals surface area contributed by atoms with Gasteiger partial charge in [-0.15, -0.1) is 0 Å². The quantitative estimate of drug-likeness (QED) is 0.733. The summed E-state index contributed by atoms with van der Waals surface area (Å²) >= 11 is 6.87. The predicted octanol–water partition coefficient (Wildman–Crippen LogP) is 3.53. The average Bonchev–Trinajstić information content (AvgIpc) is 2.58. The third-order valence-electron chi connectivity index (χ3n) is 3.28. The van der Waals surface area contributed by atoms with E-state index in [1.165, 1.54) is 22.3 Å². The largest absolute Gasteiger partial charge is 0.289 e. The lowest BCUT2D eigenvalue weighted by Crippen LogP contribution is -2.32. The van der Waals surface area contributed by atoms with Crippen LogP contribution in [0.25, 0.3) is 0 Å². The molecule has 1 aliphatic heterocycles. The first-order chi connectivity index (χ1) is 8.41. The Morgan fingerprint density at radius 3 is 2.39 bits per heavy atom. The number of rotatable bonds is 1. The van der Waals surface area contributed by atoms with E-state index in [1.807, 2.05) is 0 Å². The molecule has 1 saturated heterocycles. The average molecular weight is 279 g/mol. The summed E-state index contributed by atoms with van der Waals surface area (Å²) in [4.78, 5) is 13.5. The number of hydrogen-bond donors (Lipinski definition) is 0. The van der Waals surface area contributed by atoms with Gasteiger partial charge in [0.1, 0.15) is 4.32 Å². The van der Waals surface area contributed by atoms with Crippen LogP contribution in [-0.4, -0.2) is 20.9 Å². The van der Waals surface area contributed by atoms with E-state index >= 15 is 0 Å². The molecule has 4 heteroatoms. The van der Waals surface area contributed by atoms with Crippen molar-refractivity contribution in [1.29, 1.82) is 0 Å². The third kappa shape index (κ3) is 2.31. The van der Waals surface area contributed by atoms with Gasteiger partial charge in [0.25, 0.3) is 0 Å². The van der Waals surface area contributed by atoms with Gasteiger partial charge in [0.2, 0.25) is 5.91 Å². The Kier molecular flexibility index (Phi) is 3.78. The van der Waals surface area contributed by atoms with Crippen molar-refractivity contribution in [3.8, 4) is 0 Å². The molecule has 0 aromatic heterocycles. The molecule has 18 heavy (non-hydrogen) atoms. The molecule has 0 saturated carbocycles. The van der Waals surface area contributed by atoms with Gasteiger partial charge < -0.3 is 0 Å². The molecule has 0 spiro atoms. The lowest BCUT2D eigenvalue weighted by Gasteiger charge is -2.25. The molecular weight excluding hydrogens is 262 g/mol. The fraction of sp³-hybridized carbons (Fsp3) is 0.429. The van der Waals surface area contributed by atoms with Crippen molar-refractivity contribution in [1.82, 2.24) is 4.90 Å². The summed E-state index contributed by atoms with van der Waals surface area (Å²) < 4.78 is 0.701. The van der Waals surface area contributed by atoms with Crippen LogP contribution in [-0.2, 0) is 4.79 Å². The van der Waals surface area contributed by atoms with E-state index in [2.05, 4.69) is 32.9 Å². The van der Waals surface area contributed by atoms with Crippen LogP contribution < -0.4 is 0 Å². The molecule has 1 aromatic rings. The molecule has 0 N–H and O–H groups in total. The van der Waals surface area contributed by atoms with Crippen molar-refractivity contribution >= 4 is 34.2 Å². The van der Waals surface area contributed by atoms with Crippen LogP contribution in [0.15, 0.2) is 12.1 Å². The van der Waals surface area contributed by atoms with Crippen LogP contribution in [0.4, 0.5) is 0 Å². The molecule has 1 atom stereocenters. The lowest BCUT2D eigenvalue weighted by molar-refractivity contribution is -0.126. The van der Waals surface area contributed by atoms with E-state index in [4.69, 9.17) is 12.2 Å². The molecule has 1 aliphatic rings. The molecule has 1 aromatic carbocycles. The van der Waals surface area contributed by atoms with Crippen molar-refractivity contribution in [3.05, 3.63) is 34.4 Å². The van der Waals surface area contributed by atoms with E-state index in [9.17, 15) is 4.79 Å². The van der Waals surface area contributed by atoms with E-state index < -0.39 is 0 Å². The van der Waals surface area contributed by atoms with Crippen molar-refractivity contribution in [3.63, 3.8) is 0 Å². The Labute approximate surface area is 118 Å². The van der Waals surface area contributed by atoms with E-state index in [1.54, 1.807) is 23.6 Å². The van der Waals surface area contributed by atoms with E-state index in [0.29, 0.717) is 4.32 Å². The van der Waals surface area contributed by atoms with Crippen molar-refractivity contribution in [2.24, 2.45) is 0 Å². The van der Waals surface area contributed by atoms with Gasteiger partial charge in [0, 0.05) is 12.7 Å². The highest BCUT2D eigenvalue weighted by Crippen LogP contribution is 2.38. The minimum atomic E-state index is 0.0365. The number of aryl methyl sites for hydroxylation is 3. The van der Waals surface area contributed by atoms with Crippen LogP contribution >= 0.6 is 24.0 Å². The smallest absolute Gasteiger partial charge is 0.225 e. The molecule has 0 aliphatic carbocycles. The zero-order chi connectivity index (χ0) is 13.4. The number of thioether (sulfide) groups is 1. The Morgan fingerprint density at radius 2 is 1.89 bits per heavy atom. The maximum atomic E-state index is 11.8. The molecule has 0 unspecified atom stereocenters. The Bertz CT molecular complexity index is 502. The van der Waals surface area contributed by atoms with Gasteiger partial charge in [0.05, 0.1) is 6.04 Å². The van der Waals surface area contributed by atoms with Gasteiger partial charge in [-0.25, -0.2) is 0 Å². The number of benzene rings is 1. The van der Waals surface area contributed by atoms with Crippen LogP contribution in [0.3, 0.4) is 0 Å². The van der Waals surface area contributed by atoms with Crippen molar-refractivity contribution < 1.29 is 4.79 Å². The highest BCUT2D eigenvalue weighted by atomic mass is 32.2. The lowest BCUT2D eigenvalue weighted by atomic mass is 9.94. The van der Waals surface area contributed by atoms with Gasteiger partial charge in [0.15, 0.2) is 0 Å². The second-order valence-corrected chi connectivity index (χ2v) is 6.45. The molecule has 1 heterocycles. The van der Waals surface area contributed by atoms with Crippen LogP contribution in [0.2, 0.25) is 0 Å². The molecular formula is C14H17NOS2. The van der Waals surface area contributed by atoms with E-state index in [-0.39, 0.29) is 11.9 Å². The Hall–Kier alpha value is -0.870. The first-order valence-electron chi connectivity index (χ1n) is 5.96. The first kappa shape index (κ1) is 13.6. The second-order valence-electron chi connectivity index (χ2n) is 4.79. The zero-order valence-corrected chi connectivity index (χ0v) is 12.7. The van der Waals surface area contributed by atoms with Gasteiger partial charge in [-0.1, -0.05) is 41.7 Å². The normalized spacial score (nSPS) is 19.4. The fourth-order valence-corrected chi connectivity index (χ4v) is 4.17. The minimum absolute atomic E-state index is 0.0365. The maximum absolute atomic E-state index is 11.8. The van der Waals surface area contributed by atoms with Crippen LogP contribution in [0.5, 0.6) is 0 Å². The van der Waals surface area contributed by atoms with Gasteiger partial charge in [-0.05, 0) is 37.5 Å². The van der Waals surface area contributed by atoms with Crippen molar-refractivity contribution in [2.45, 2.75) is 33.7 Å². The summed E-state index contributed by atoms with van der Waals surface area (Å²) in [6.07, 6.45) is 0. The van der Waals surface area contributed by atoms with E-state index in [0.717, 1.165) is 5.75 Å².